The quantitative estimate of drug-likeness (QED) is 0.186. The SMILES string of the molecule is CC(C)(C)c1ccc(N/C=C2/C=C\c3ccccc3-c3cc(C(C)(C)C)cc4c3B2c2ccc3ccccc3c2N4c2ccc(C(C)(C)C)cc2)cc1. The van der Waals surface area contributed by atoms with E-state index in [9.17, 15) is 0 Å². The molecule has 0 aromatic heterocycles. The van der Waals surface area contributed by atoms with Gasteiger partial charge in [0.1, 0.15) is 0 Å². The van der Waals surface area contributed by atoms with Gasteiger partial charge in [0.15, 0.2) is 0 Å². The fourth-order valence-electron chi connectivity index (χ4n) is 8.07. The Labute approximate surface area is 317 Å². The van der Waals surface area contributed by atoms with Crippen molar-refractivity contribution in [2.24, 2.45) is 0 Å². The topological polar surface area (TPSA) is 15.3 Å². The standard InChI is InChI=1S/C50H51BN2/c1-48(2,3)35-20-25-39(26-21-35)52-32-38-24-18-33-14-10-12-16-41(33)43-30-37(50(7,8)9)31-45-46(43)51(38)44-29-19-34-15-11-13-17-42(34)47(44)53(45)40-27-22-36(23-28-40)49(4,5)6/h10-32,52H,1-9H3/b24-18-,38-32-. The molecule has 6 aromatic rings. The summed E-state index contributed by atoms with van der Waals surface area (Å²) in [5.41, 5.74) is 16.5. The van der Waals surface area contributed by atoms with E-state index in [1.54, 1.807) is 0 Å². The molecular weight excluding hydrogens is 639 g/mol. The second-order valence-electron chi connectivity index (χ2n) is 18.0. The van der Waals surface area contributed by atoms with Gasteiger partial charge in [-0.3, -0.25) is 0 Å². The number of hydrogen-bond donors (Lipinski definition) is 1. The van der Waals surface area contributed by atoms with Crippen LogP contribution in [0.3, 0.4) is 0 Å². The number of fused-ring (bicyclic) bond motifs is 6. The molecule has 2 heterocycles. The molecule has 0 aliphatic carbocycles. The molecule has 0 radical (unpaired) electrons. The molecule has 2 aliphatic heterocycles. The molecule has 0 saturated carbocycles. The van der Waals surface area contributed by atoms with Gasteiger partial charge in [0.05, 0.1) is 0 Å². The smallest absolute Gasteiger partial charge is 0.249 e. The van der Waals surface area contributed by atoms with Crippen molar-refractivity contribution in [1.29, 1.82) is 0 Å². The summed E-state index contributed by atoms with van der Waals surface area (Å²) in [7, 11) is 0. The molecule has 0 spiro atoms. The fourth-order valence-corrected chi connectivity index (χ4v) is 8.07. The first-order valence-corrected chi connectivity index (χ1v) is 19.1. The Kier molecular flexibility index (Phi) is 8.33. The summed E-state index contributed by atoms with van der Waals surface area (Å²) in [5.74, 6) is 0. The van der Waals surface area contributed by atoms with Crippen LogP contribution in [0.4, 0.5) is 22.7 Å². The lowest BCUT2D eigenvalue weighted by Crippen LogP contribution is -2.52. The summed E-state index contributed by atoms with van der Waals surface area (Å²) in [6, 6.07) is 45.7. The van der Waals surface area contributed by atoms with Gasteiger partial charge in [-0.1, -0.05) is 171 Å². The third-order valence-electron chi connectivity index (χ3n) is 11.2. The number of nitrogens with zero attached hydrogens (tertiary/aromatic N) is 1. The van der Waals surface area contributed by atoms with E-state index in [0.717, 1.165) is 5.69 Å². The molecule has 0 saturated heterocycles. The Morgan fingerprint density at radius 1 is 0.566 bits per heavy atom. The molecule has 0 atom stereocenters. The summed E-state index contributed by atoms with van der Waals surface area (Å²) in [6.45, 7) is 20.7. The molecule has 3 heteroatoms. The van der Waals surface area contributed by atoms with E-state index in [1.165, 1.54) is 77.6 Å². The Balaban J connectivity index is 1.44. The van der Waals surface area contributed by atoms with Crippen molar-refractivity contribution in [3.63, 3.8) is 0 Å². The molecule has 0 bridgehead atoms. The fraction of sp³-hybridized carbons (Fsp3) is 0.240. The lowest BCUT2D eigenvalue weighted by atomic mass is 9.33. The normalized spacial score (nSPS) is 15.4. The zero-order valence-electron chi connectivity index (χ0n) is 32.8. The van der Waals surface area contributed by atoms with Gasteiger partial charge in [-0.2, -0.15) is 0 Å². The van der Waals surface area contributed by atoms with Crippen LogP contribution in [0.1, 0.15) is 84.6 Å². The van der Waals surface area contributed by atoms with Crippen LogP contribution < -0.4 is 21.1 Å². The first-order chi connectivity index (χ1) is 25.2. The van der Waals surface area contributed by atoms with E-state index in [0.29, 0.717) is 0 Å². The summed E-state index contributed by atoms with van der Waals surface area (Å²) in [5, 5.41) is 6.25. The van der Waals surface area contributed by atoms with Crippen LogP contribution in [0.15, 0.2) is 139 Å². The molecule has 8 rings (SSSR count). The lowest BCUT2D eigenvalue weighted by molar-refractivity contribution is 0.590. The van der Waals surface area contributed by atoms with Gasteiger partial charge >= 0.3 is 0 Å². The molecule has 264 valence electrons. The summed E-state index contributed by atoms with van der Waals surface area (Å²) < 4.78 is 0. The number of hydrogen-bond acceptors (Lipinski definition) is 2. The Hall–Kier alpha value is -5.28. The number of rotatable bonds is 3. The van der Waals surface area contributed by atoms with Gasteiger partial charge in [-0.25, -0.2) is 0 Å². The number of allylic oxidation sites excluding steroid dienone is 2. The monoisotopic (exact) mass is 690 g/mol. The van der Waals surface area contributed by atoms with Crippen LogP contribution in [0, 0.1) is 0 Å². The van der Waals surface area contributed by atoms with Crippen molar-refractivity contribution in [3.05, 3.63) is 161 Å². The molecule has 0 fully saturated rings. The van der Waals surface area contributed by atoms with Crippen molar-refractivity contribution in [2.45, 2.75) is 78.6 Å². The van der Waals surface area contributed by atoms with E-state index in [4.69, 9.17) is 0 Å². The van der Waals surface area contributed by atoms with E-state index in [1.807, 2.05) is 0 Å². The third-order valence-corrected chi connectivity index (χ3v) is 11.2. The summed E-state index contributed by atoms with van der Waals surface area (Å²) >= 11 is 0. The number of benzene rings is 6. The van der Waals surface area contributed by atoms with E-state index < -0.39 is 0 Å². The number of anilines is 4. The highest BCUT2D eigenvalue weighted by atomic mass is 15.2. The first kappa shape index (κ1) is 34.8. The van der Waals surface area contributed by atoms with Crippen molar-refractivity contribution < 1.29 is 0 Å². The minimum absolute atomic E-state index is 0.00956. The maximum Gasteiger partial charge on any atom is 0.249 e. The largest absolute Gasteiger partial charge is 0.362 e. The Morgan fingerprint density at radius 2 is 1.19 bits per heavy atom. The van der Waals surface area contributed by atoms with Gasteiger partial charge in [0.25, 0.3) is 0 Å². The molecule has 6 aromatic carbocycles. The average Bonchev–Trinajstić information content (AvgIpc) is 3.12. The zero-order chi connectivity index (χ0) is 37.3. The summed E-state index contributed by atoms with van der Waals surface area (Å²) in [6.07, 6.45) is 6.91. The maximum absolute atomic E-state index is 3.74. The van der Waals surface area contributed by atoms with Crippen molar-refractivity contribution in [1.82, 2.24) is 0 Å². The highest BCUT2D eigenvalue weighted by Crippen LogP contribution is 2.45. The number of nitrogens with one attached hydrogen (secondary N) is 1. The van der Waals surface area contributed by atoms with Gasteiger partial charge in [-0.15, -0.1) is 0 Å². The third kappa shape index (κ3) is 6.31. The molecule has 0 amide bonds. The van der Waals surface area contributed by atoms with Crippen molar-refractivity contribution in [3.8, 4) is 11.1 Å². The second-order valence-corrected chi connectivity index (χ2v) is 18.0. The minimum atomic E-state index is -0.0611. The second kappa shape index (κ2) is 12.7. The van der Waals surface area contributed by atoms with Crippen LogP contribution in [-0.2, 0) is 16.2 Å². The predicted octanol–water partition coefficient (Wildman–Crippen LogP) is 12.4. The summed E-state index contributed by atoms with van der Waals surface area (Å²) in [4.78, 5) is 2.57. The molecule has 53 heavy (non-hydrogen) atoms. The van der Waals surface area contributed by atoms with E-state index in [2.05, 4.69) is 212 Å². The minimum Gasteiger partial charge on any atom is -0.362 e. The average molecular weight is 691 g/mol. The first-order valence-electron chi connectivity index (χ1n) is 19.1. The highest BCUT2D eigenvalue weighted by Gasteiger charge is 2.40. The van der Waals surface area contributed by atoms with Crippen LogP contribution in [0.25, 0.3) is 28.0 Å². The zero-order valence-corrected chi connectivity index (χ0v) is 32.8. The Bertz CT molecular complexity index is 2410. The highest BCUT2D eigenvalue weighted by molar-refractivity contribution is 6.95. The predicted molar refractivity (Wildman–Crippen MR) is 232 cm³/mol. The van der Waals surface area contributed by atoms with E-state index >= 15 is 0 Å². The van der Waals surface area contributed by atoms with Crippen LogP contribution in [-0.4, -0.2) is 6.71 Å². The lowest BCUT2D eigenvalue weighted by Gasteiger charge is -2.41. The van der Waals surface area contributed by atoms with Gasteiger partial charge < -0.3 is 10.2 Å². The van der Waals surface area contributed by atoms with Crippen molar-refractivity contribution >= 4 is 57.2 Å². The molecule has 2 aliphatic rings. The van der Waals surface area contributed by atoms with Gasteiger partial charge in [0.2, 0.25) is 6.71 Å². The van der Waals surface area contributed by atoms with E-state index in [-0.39, 0.29) is 23.0 Å². The Morgan fingerprint density at radius 3 is 1.87 bits per heavy atom. The van der Waals surface area contributed by atoms with Crippen molar-refractivity contribution in [2.75, 3.05) is 10.2 Å². The van der Waals surface area contributed by atoms with Crippen LogP contribution in [0.2, 0.25) is 0 Å². The van der Waals surface area contributed by atoms with Gasteiger partial charge in [-0.05, 0) is 102 Å². The maximum atomic E-state index is 3.74. The molecular formula is C50H51BN2. The van der Waals surface area contributed by atoms with Crippen LogP contribution >= 0.6 is 0 Å². The van der Waals surface area contributed by atoms with Crippen LogP contribution in [0.5, 0.6) is 0 Å². The van der Waals surface area contributed by atoms with Gasteiger partial charge in [0, 0.05) is 28.1 Å². The molecule has 0 unspecified atom stereocenters. The molecule has 1 N–H and O–H groups in total. The molecule has 2 nitrogen and oxygen atoms in total.